The van der Waals surface area contributed by atoms with Gasteiger partial charge in [0.05, 0.1) is 10.7 Å². The Hall–Kier alpha value is -1.49. The number of hydrogen-bond donors (Lipinski definition) is 1. The van der Waals surface area contributed by atoms with Crippen LogP contribution in [0.1, 0.15) is 20.3 Å². The van der Waals surface area contributed by atoms with Crippen LogP contribution in [0.25, 0.3) is 0 Å². The Kier molecular flexibility index (Phi) is 4.70. The summed E-state index contributed by atoms with van der Waals surface area (Å²) in [6.45, 7) is 7.06. The number of aromatic nitrogens is 1. The molecular formula is C14H21ClN4O. The molecule has 1 aliphatic rings. The lowest BCUT2D eigenvalue weighted by Gasteiger charge is -2.36. The molecule has 0 aliphatic carbocycles. The number of amides is 1. The highest BCUT2D eigenvalue weighted by Gasteiger charge is 2.23. The van der Waals surface area contributed by atoms with Crippen LogP contribution in [-0.4, -0.2) is 42.0 Å². The molecule has 1 aromatic heterocycles. The minimum Gasteiger partial charge on any atom is -0.396 e. The number of halogens is 1. The van der Waals surface area contributed by atoms with Gasteiger partial charge in [-0.1, -0.05) is 25.4 Å². The third kappa shape index (κ3) is 3.54. The van der Waals surface area contributed by atoms with Gasteiger partial charge in [0, 0.05) is 38.8 Å². The minimum absolute atomic E-state index is 0.233. The highest BCUT2D eigenvalue weighted by Crippen LogP contribution is 2.24. The summed E-state index contributed by atoms with van der Waals surface area (Å²) in [7, 11) is 0. The molecule has 1 aliphatic heterocycles. The maximum absolute atomic E-state index is 12.0. The number of anilines is 2. The third-order valence-electron chi connectivity index (χ3n) is 3.38. The standard InChI is InChI=1S/C14H21ClN4O/c1-10(2)7-13(20)18-3-5-19(6-4-18)14-12(16)8-11(15)9-17-14/h8-10H,3-7,16H2,1-2H3. The summed E-state index contributed by atoms with van der Waals surface area (Å²) in [5.74, 6) is 1.39. The van der Waals surface area contributed by atoms with E-state index >= 15 is 0 Å². The highest BCUT2D eigenvalue weighted by atomic mass is 35.5. The summed E-state index contributed by atoms with van der Waals surface area (Å²) in [5.41, 5.74) is 6.53. The molecule has 1 aromatic rings. The van der Waals surface area contributed by atoms with Gasteiger partial charge in [-0.05, 0) is 12.0 Å². The predicted octanol–water partition coefficient (Wildman–Crippen LogP) is 2.01. The van der Waals surface area contributed by atoms with Crippen LogP contribution in [0.15, 0.2) is 12.3 Å². The van der Waals surface area contributed by atoms with Crippen LogP contribution in [0, 0.1) is 5.92 Å². The predicted molar refractivity (Wildman–Crippen MR) is 81.9 cm³/mol. The van der Waals surface area contributed by atoms with Gasteiger partial charge >= 0.3 is 0 Å². The molecule has 0 bridgehead atoms. The lowest BCUT2D eigenvalue weighted by molar-refractivity contribution is -0.132. The maximum atomic E-state index is 12.0. The Morgan fingerprint density at radius 2 is 2.05 bits per heavy atom. The number of carbonyl (C=O) groups is 1. The van der Waals surface area contributed by atoms with E-state index in [0.29, 0.717) is 23.0 Å². The molecule has 0 spiro atoms. The first kappa shape index (κ1) is 14.9. The number of pyridine rings is 1. The molecule has 1 amide bonds. The number of hydrogen-bond acceptors (Lipinski definition) is 4. The van der Waals surface area contributed by atoms with E-state index in [4.69, 9.17) is 17.3 Å². The molecule has 110 valence electrons. The van der Waals surface area contributed by atoms with E-state index in [1.165, 1.54) is 0 Å². The van der Waals surface area contributed by atoms with Gasteiger partial charge in [-0.15, -0.1) is 0 Å². The van der Waals surface area contributed by atoms with Crippen molar-refractivity contribution < 1.29 is 4.79 Å². The average Bonchev–Trinajstić information content (AvgIpc) is 2.38. The van der Waals surface area contributed by atoms with Crippen molar-refractivity contribution in [2.24, 2.45) is 5.92 Å². The number of nitrogen functional groups attached to an aromatic ring is 1. The van der Waals surface area contributed by atoms with Crippen molar-refractivity contribution in [1.29, 1.82) is 0 Å². The van der Waals surface area contributed by atoms with Crippen molar-refractivity contribution in [1.82, 2.24) is 9.88 Å². The second-order valence-electron chi connectivity index (χ2n) is 5.53. The van der Waals surface area contributed by atoms with E-state index in [-0.39, 0.29) is 5.91 Å². The average molecular weight is 297 g/mol. The van der Waals surface area contributed by atoms with Gasteiger partial charge < -0.3 is 15.5 Å². The number of nitrogens with two attached hydrogens (primary N) is 1. The fourth-order valence-electron chi connectivity index (χ4n) is 2.36. The fourth-order valence-corrected chi connectivity index (χ4v) is 2.52. The van der Waals surface area contributed by atoms with Gasteiger partial charge in [0.15, 0.2) is 5.82 Å². The SMILES string of the molecule is CC(C)CC(=O)N1CCN(c2ncc(Cl)cc2N)CC1. The first-order chi connectivity index (χ1) is 9.47. The maximum Gasteiger partial charge on any atom is 0.222 e. The van der Waals surface area contributed by atoms with Crippen molar-refractivity contribution in [2.75, 3.05) is 36.8 Å². The zero-order valence-electron chi connectivity index (χ0n) is 12.0. The summed E-state index contributed by atoms with van der Waals surface area (Å²) in [6.07, 6.45) is 2.21. The third-order valence-corrected chi connectivity index (χ3v) is 3.58. The van der Waals surface area contributed by atoms with Crippen LogP contribution in [0.2, 0.25) is 5.02 Å². The van der Waals surface area contributed by atoms with Crippen LogP contribution in [0.3, 0.4) is 0 Å². The smallest absolute Gasteiger partial charge is 0.222 e. The van der Waals surface area contributed by atoms with Crippen LogP contribution >= 0.6 is 11.6 Å². The second-order valence-corrected chi connectivity index (χ2v) is 5.97. The minimum atomic E-state index is 0.233. The quantitative estimate of drug-likeness (QED) is 0.927. The molecule has 1 saturated heterocycles. The number of rotatable bonds is 3. The summed E-state index contributed by atoms with van der Waals surface area (Å²) in [5, 5.41) is 0.539. The van der Waals surface area contributed by atoms with Gasteiger partial charge in [0.1, 0.15) is 0 Å². The van der Waals surface area contributed by atoms with Crippen LogP contribution in [0.4, 0.5) is 11.5 Å². The molecule has 6 heteroatoms. The van der Waals surface area contributed by atoms with Crippen molar-refractivity contribution >= 4 is 29.0 Å². The van der Waals surface area contributed by atoms with Crippen molar-refractivity contribution in [3.05, 3.63) is 17.3 Å². The molecule has 0 radical (unpaired) electrons. The molecular weight excluding hydrogens is 276 g/mol. The molecule has 2 rings (SSSR count). The number of piperazine rings is 1. The monoisotopic (exact) mass is 296 g/mol. The molecule has 0 atom stereocenters. The molecule has 0 saturated carbocycles. The first-order valence-electron chi connectivity index (χ1n) is 6.91. The van der Waals surface area contributed by atoms with Crippen molar-refractivity contribution in [3.63, 3.8) is 0 Å². The van der Waals surface area contributed by atoms with E-state index in [0.717, 1.165) is 32.0 Å². The molecule has 1 fully saturated rings. The zero-order valence-corrected chi connectivity index (χ0v) is 12.7. The largest absolute Gasteiger partial charge is 0.396 e. The summed E-state index contributed by atoms with van der Waals surface area (Å²) in [6, 6.07) is 1.71. The Morgan fingerprint density at radius 3 is 2.60 bits per heavy atom. The van der Waals surface area contributed by atoms with Gasteiger partial charge in [-0.2, -0.15) is 0 Å². The van der Waals surface area contributed by atoms with Crippen molar-refractivity contribution in [3.8, 4) is 0 Å². The Balaban J connectivity index is 1.95. The lowest BCUT2D eigenvalue weighted by Crippen LogP contribution is -2.49. The molecule has 2 N–H and O–H groups in total. The molecule has 0 unspecified atom stereocenters. The number of nitrogens with zero attached hydrogens (tertiary/aromatic N) is 3. The second kappa shape index (κ2) is 6.31. The molecule has 2 heterocycles. The first-order valence-corrected chi connectivity index (χ1v) is 7.29. The zero-order chi connectivity index (χ0) is 14.7. The van der Waals surface area contributed by atoms with Gasteiger partial charge in [-0.3, -0.25) is 4.79 Å². The van der Waals surface area contributed by atoms with E-state index in [2.05, 4.69) is 23.7 Å². The fraction of sp³-hybridized carbons (Fsp3) is 0.571. The summed E-state index contributed by atoms with van der Waals surface area (Å²) in [4.78, 5) is 20.3. The van der Waals surface area contributed by atoms with E-state index in [1.807, 2.05) is 4.90 Å². The van der Waals surface area contributed by atoms with Crippen LogP contribution < -0.4 is 10.6 Å². The molecule has 5 nitrogen and oxygen atoms in total. The van der Waals surface area contributed by atoms with E-state index in [1.54, 1.807) is 12.3 Å². The highest BCUT2D eigenvalue weighted by molar-refractivity contribution is 6.30. The van der Waals surface area contributed by atoms with E-state index < -0.39 is 0 Å². The molecule has 0 aromatic carbocycles. The van der Waals surface area contributed by atoms with Crippen molar-refractivity contribution in [2.45, 2.75) is 20.3 Å². The Morgan fingerprint density at radius 1 is 1.40 bits per heavy atom. The summed E-state index contributed by atoms with van der Waals surface area (Å²) >= 11 is 5.86. The van der Waals surface area contributed by atoms with Crippen LogP contribution in [-0.2, 0) is 4.79 Å². The van der Waals surface area contributed by atoms with Gasteiger partial charge in [-0.25, -0.2) is 4.98 Å². The number of carbonyl (C=O) groups excluding carboxylic acids is 1. The van der Waals surface area contributed by atoms with Crippen LogP contribution in [0.5, 0.6) is 0 Å². The summed E-state index contributed by atoms with van der Waals surface area (Å²) < 4.78 is 0. The normalized spacial score (nSPS) is 15.8. The van der Waals surface area contributed by atoms with Gasteiger partial charge in [0.2, 0.25) is 5.91 Å². The lowest BCUT2D eigenvalue weighted by atomic mass is 10.1. The van der Waals surface area contributed by atoms with Gasteiger partial charge in [0.25, 0.3) is 0 Å². The topological polar surface area (TPSA) is 62.5 Å². The van der Waals surface area contributed by atoms with E-state index in [9.17, 15) is 4.79 Å². The Labute approximate surface area is 124 Å². The molecule has 20 heavy (non-hydrogen) atoms. The Bertz CT molecular complexity index is 484.